The molecule has 0 aromatic carbocycles. The quantitative estimate of drug-likeness (QED) is 0.697. The second-order valence-electron chi connectivity index (χ2n) is 6.95. The Morgan fingerprint density at radius 2 is 1.94 bits per heavy atom. The van der Waals surface area contributed by atoms with Crippen LogP contribution in [0.4, 0.5) is 0 Å². The summed E-state index contributed by atoms with van der Waals surface area (Å²) in [5.41, 5.74) is 0.279. The van der Waals surface area contributed by atoms with Crippen LogP contribution in [0.2, 0.25) is 0 Å². The molecule has 1 aliphatic rings. The topological polar surface area (TPSA) is 15.3 Å². The summed E-state index contributed by atoms with van der Waals surface area (Å²) in [6.45, 7) is 14.3. The zero-order valence-corrected chi connectivity index (χ0v) is 13.1. The molecular weight excluding hydrogens is 220 g/mol. The average molecular weight is 254 g/mol. The van der Waals surface area contributed by atoms with E-state index in [9.17, 15) is 0 Å². The highest BCUT2D eigenvalue weighted by Crippen LogP contribution is 2.19. The molecule has 1 heterocycles. The Morgan fingerprint density at radius 3 is 2.61 bits per heavy atom. The SMILES string of the molecule is CCC1CCCN(CCCCCNC(C)(C)C)C1. The van der Waals surface area contributed by atoms with Crippen LogP contribution in [0.3, 0.4) is 0 Å². The van der Waals surface area contributed by atoms with Crippen LogP contribution in [-0.2, 0) is 0 Å². The molecule has 0 radical (unpaired) electrons. The fraction of sp³-hybridized carbons (Fsp3) is 1.00. The van der Waals surface area contributed by atoms with Gasteiger partial charge in [-0.15, -0.1) is 0 Å². The van der Waals surface area contributed by atoms with Crippen LogP contribution in [0, 0.1) is 5.92 Å². The highest BCUT2D eigenvalue weighted by atomic mass is 15.1. The van der Waals surface area contributed by atoms with Crippen molar-refractivity contribution in [2.45, 2.75) is 71.8 Å². The molecule has 0 aromatic heterocycles. The zero-order valence-electron chi connectivity index (χ0n) is 13.1. The summed E-state index contributed by atoms with van der Waals surface area (Å²) in [6.07, 6.45) is 8.32. The Bertz CT molecular complexity index is 208. The van der Waals surface area contributed by atoms with E-state index in [1.165, 1.54) is 64.7 Å². The van der Waals surface area contributed by atoms with Crippen LogP contribution in [0.15, 0.2) is 0 Å². The lowest BCUT2D eigenvalue weighted by atomic mass is 9.95. The van der Waals surface area contributed by atoms with Crippen molar-refractivity contribution in [2.24, 2.45) is 5.92 Å². The molecule has 1 rings (SSSR count). The summed E-state index contributed by atoms with van der Waals surface area (Å²) >= 11 is 0. The minimum Gasteiger partial charge on any atom is -0.312 e. The smallest absolute Gasteiger partial charge is 0.00965 e. The Balaban J connectivity index is 1.97. The van der Waals surface area contributed by atoms with E-state index in [0.717, 1.165) is 5.92 Å². The van der Waals surface area contributed by atoms with Gasteiger partial charge in [0.2, 0.25) is 0 Å². The lowest BCUT2D eigenvalue weighted by molar-refractivity contribution is 0.169. The van der Waals surface area contributed by atoms with Crippen LogP contribution in [0.5, 0.6) is 0 Å². The van der Waals surface area contributed by atoms with Gasteiger partial charge in [0.1, 0.15) is 0 Å². The van der Waals surface area contributed by atoms with Crippen molar-refractivity contribution in [3.05, 3.63) is 0 Å². The first kappa shape index (κ1) is 16.0. The molecule has 2 nitrogen and oxygen atoms in total. The summed E-state index contributed by atoms with van der Waals surface area (Å²) in [5.74, 6) is 0.973. The standard InChI is InChI=1S/C16H34N2/c1-5-15-10-9-13-18(14-15)12-8-6-7-11-17-16(2,3)4/h15,17H,5-14H2,1-4H3. The van der Waals surface area contributed by atoms with E-state index < -0.39 is 0 Å². The van der Waals surface area contributed by atoms with E-state index in [2.05, 4.69) is 37.9 Å². The summed E-state index contributed by atoms with van der Waals surface area (Å²) < 4.78 is 0. The van der Waals surface area contributed by atoms with Crippen molar-refractivity contribution in [1.29, 1.82) is 0 Å². The average Bonchev–Trinajstić information content (AvgIpc) is 2.32. The Hall–Kier alpha value is -0.0800. The van der Waals surface area contributed by atoms with Gasteiger partial charge < -0.3 is 10.2 Å². The van der Waals surface area contributed by atoms with Crippen LogP contribution >= 0.6 is 0 Å². The van der Waals surface area contributed by atoms with Crippen molar-refractivity contribution in [1.82, 2.24) is 10.2 Å². The third-order valence-electron chi connectivity index (χ3n) is 3.99. The molecule has 1 atom stereocenters. The van der Waals surface area contributed by atoms with Gasteiger partial charge in [-0.05, 0) is 72.0 Å². The first-order valence-corrected chi connectivity index (χ1v) is 7.98. The number of rotatable bonds is 7. The third kappa shape index (κ3) is 7.38. The lowest BCUT2D eigenvalue weighted by Crippen LogP contribution is -2.37. The van der Waals surface area contributed by atoms with Gasteiger partial charge in [-0.25, -0.2) is 0 Å². The van der Waals surface area contributed by atoms with Crippen LogP contribution < -0.4 is 5.32 Å². The van der Waals surface area contributed by atoms with Crippen molar-refractivity contribution >= 4 is 0 Å². The number of likely N-dealkylation sites (tertiary alicyclic amines) is 1. The molecule has 108 valence electrons. The normalized spacial score (nSPS) is 22.3. The molecule has 1 fully saturated rings. The lowest BCUT2D eigenvalue weighted by Gasteiger charge is -2.32. The van der Waals surface area contributed by atoms with Gasteiger partial charge in [0.15, 0.2) is 0 Å². The zero-order chi connectivity index (χ0) is 13.4. The van der Waals surface area contributed by atoms with Crippen molar-refractivity contribution < 1.29 is 0 Å². The summed E-state index contributed by atoms with van der Waals surface area (Å²) in [4.78, 5) is 2.69. The van der Waals surface area contributed by atoms with E-state index >= 15 is 0 Å². The molecule has 0 aliphatic carbocycles. The fourth-order valence-corrected chi connectivity index (χ4v) is 2.79. The molecule has 1 saturated heterocycles. The van der Waals surface area contributed by atoms with E-state index in [0.29, 0.717) is 0 Å². The number of unbranched alkanes of at least 4 members (excludes halogenated alkanes) is 2. The first-order chi connectivity index (χ1) is 8.51. The maximum Gasteiger partial charge on any atom is 0.00965 e. The van der Waals surface area contributed by atoms with Gasteiger partial charge >= 0.3 is 0 Å². The minimum absolute atomic E-state index is 0.279. The summed E-state index contributed by atoms with van der Waals surface area (Å²) in [5, 5.41) is 3.56. The number of piperidine rings is 1. The summed E-state index contributed by atoms with van der Waals surface area (Å²) in [7, 11) is 0. The van der Waals surface area contributed by atoms with Gasteiger partial charge in [0.05, 0.1) is 0 Å². The molecular formula is C16H34N2. The van der Waals surface area contributed by atoms with Crippen LogP contribution in [0.1, 0.15) is 66.2 Å². The number of nitrogens with zero attached hydrogens (tertiary/aromatic N) is 1. The van der Waals surface area contributed by atoms with Gasteiger partial charge in [-0.2, -0.15) is 0 Å². The maximum absolute atomic E-state index is 3.56. The molecule has 0 amide bonds. The van der Waals surface area contributed by atoms with E-state index in [4.69, 9.17) is 0 Å². The van der Waals surface area contributed by atoms with Crippen molar-refractivity contribution in [3.8, 4) is 0 Å². The highest BCUT2D eigenvalue weighted by Gasteiger charge is 2.17. The Morgan fingerprint density at radius 1 is 1.17 bits per heavy atom. The predicted molar refractivity (Wildman–Crippen MR) is 81.1 cm³/mol. The molecule has 1 unspecified atom stereocenters. The van der Waals surface area contributed by atoms with Gasteiger partial charge in [-0.3, -0.25) is 0 Å². The van der Waals surface area contributed by atoms with Gasteiger partial charge in [0, 0.05) is 12.1 Å². The second-order valence-corrected chi connectivity index (χ2v) is 6.95. The van der Waals surface area contributed by atoms with Crippen molar-refractivity contribution in [2.75, 3.05) is 26.2 Å². The third-order valence-corrected chi connectivity index (χ3v) is 3.99. The molecule has 1 aliphatic heterocycles. The monoisotopic (exact) mass is 254 g/mol. The largest absolute Gasteiger partial charge is 0.312 e. The van der Waals surface area contributed by atoms with E-state index in [1.54, 1.807) is 0 Å². The Labute approximate surface area is 115 Å². The molecule has 1 N–H and O–H groups in total. The van der Waals surface area contributed by atoms with Crippen LogP contribution in [-0.4, -0.2) is 36.6 Å². The van der Waals surface area contributed by atoms with Crippen LogP contribution in [0.25, 0.3) is 0 Å². The number of nitrogens with one attached hydrogen (secondary N) is 1. The van der Waals surface area contributed by atoms with Crippen molar-refractivity contribution in [3.63, 3.8) is 0 Å². The number of hydrogen-bond acceptors (Lipinski definition) is 2. The molecule has 0 aromatic rings. The molecule has 0 spiro atoms. The summed E-state index contributed by atoms with van der Waals surface area (Å²) in [6, 6.07) is 0. The highest BCUT2D eigenvalue weighted by molar-refractivity contribution is 4.72. The van der Waals surface area contributed by atoms with Gasteiger partial charge in [-0.1, -0.05) is 19.8 Å². The molecule has 2 heteroatoms. The minimum atomic E-state index is 0.279. The van der Waals surface area contributed by atoms with E-state index in [1.807, 2.05) is 0 Å². The molecule has 18 heavy (non-hydrogen) atoms. The van der Waals surface area contributed by atoms with E-state index in [-0.39, 0.29) is 5.54 Å². The Kier molecular flexibility index (Phi) is 7.25. The predicted octanol–water partition coefficient (Wildman–Crippen LogP) is 3.67. The maximum atomic E-state index is 3.56. The number of hydrogen-bond donors (Lipinski definition) is 1. The second kappa shape index (κ2) is 8.16. The fourth-order valence-electron chi connectivity index (χ4n) is 2.79. The first-order valence-electron chi connectivity index (χ1n) is 7.98. The molecule has 0 saturated carbocycles. The molecule has 0 bridgehead atoms. The van der Waals surface area contributed by atoms with Gasteiger partial charge in [0.25, 0.3) is 0 Å².